The minimum Gasteiger partial charge on any atom is -0.493 e. The fourth-order valence-electron chi connectivity index (χ4n) is 5.88. The molecule has 2 aromatic rings. The zero-order valence-corrected chi connectivity index (χ0v) is 40.1. The molecular weight excluding hydrogens is 921 g/mol. The average Bonchev–Trinajstić information content (AvgIpc) is 3.98. The van der Waals surface area contributed by atoms with E-state index >= 15 is 0 Å². The van der Waals surface area contributed by atoms with Crippen LogP contribution in [0.5, 0.6) is 34.5 Å². The van der Waals surface area contributed by atoms with Gasteiger partial charge in [0.2, 0.25) is 11.5 Å². The van der Waals surface area contributed by atoms with E-state index in [1.165, 1.54) is 28.4 Å². The molecular formula is C42H54O14S6. The zero-order valence-electron chi connectivity index (χ0n) is 35.2. The van der Waals surface area contributed by atoms with Gasteiger partial charge in [0.1, 0.15) is 25.4 Å². The van der Waals surface area contributed by atoms with Crippen LogP contribution in [0.2, 0.25) is 0 Å². The predicted molar refractivity (Wildman–Crippen MR) is 253 cm³/mol. The van der Waals surface area contributed by atoms with Crippen molar-refractivity contribution < 1.29 is 67.3 Å². The molecule has 20 heteroatoms. The van der Waals surface area contributed by atoms with E-state index in [-0.39, 0.29) is 35.9 Å². The lowest BCUT2D eigenvalue weighted by atomic mass is 10.0. The highest BCUT2D eigenvalue weighted by Crippen LogP contribution is 2.46. The van der Waals surface area contributed by atoms with E-state index in [0.717, 1.165) is 47.4 Å². The van der Waals surface area contributed by atoms with Gasteiger partial charge < -0.3 is 48.1 Å². The smallest absolute Gasteiger partial charge is 0.334 e. The Morgan fingerprint density at radius 2 is 0.935 bits per heavy atom. The fourth-order valence-corrected chi connectivity index (χ4v) is 14.1. The number of thioether (sulfide) groups is 6. The van der Waals surface area contributed by atoms with Crippen molar-refractivity contribution in [3.63, 3.8) is 0 Å². The van der Waals surface area contributed by atoms with E-state index in [4.69, 9.17) is 37.9 Å². The molecule has 2 saturated heterocycles. The van der Waals surface area contributed by atoms with Gasteiger partial charge in [-0.05, 0) is 59.7 Å². The Kier molecular flexibility index (Phi) is 22.5. The first-order valence-electron chi connectivity index (χ1n) is 19.5. The van der Waals surface area contributed by atoms with Crippen LogP contribution in [0.25, 0.3) is 11.1 Å². The monoisotopic (exact) mass is 974 g/mol. The first-order valence-corrected chi connectivity index (χ1v) is 26.0. The largest absolute Gasteiger partial charge is 0.493 e. The van der Waals surface area contributed by atoms with Crippen LogP contribution in [-0.4, -0.2) is 143 Å². The molecule has 62 heavy (non-hydrogen) atoms. The van der Waals surface area contributed by atoms with Gasteiger partial charge in [0.25, 0.3) is 0 Å². The second-order valence-electron chi connectivity index (χ2n) is 13.5. The molecule has 2 atom stereocenters. The summed E-state index contributed by atoms with van der Waals surface area (Å²) < 4.78 is 48.0. The van der Waals surface area contributed by atoms with Crippen molar-refractivity contribution in [1.82, 2.24) is 0 Å². The lowest BCUT2D eigenvalue weighted by Gasteiger charge is -2.22. The molecule has 2 aromatic carbocycles. The minimum absolute atomic E-state index is 0.0765. The molecule has 2 aliphatic heterocycles. The molecule has 342 valence electrons. The van der Waals surface area contributed by atoms with Crippen LogP contribution >= 0.6 is 70.6 Å². The summed E-state index contributed by atoms with van der Waals surface area (Å²) in [7, 11) is 5.93. The quantitative estimate of drug-likeness (QED) is 0.0456. The molecule has 2 N–H and O–H groups in total. The second kappa shape index (κ2) is 27.1. The first kappa shape index (κ1) is 51.3. The molecule has 2 unspecified atom stereocenters. The summed E-state index contributed by atoms with van der Waals surface area (Å²) in [5.41, 5.74) is 0.939. The van der Waals surface area contributed by atoms with Gasteiger partial charge in [0.05, 0.1) is 50.4 Å². The average molecular weight is 975 g/mol. The topological polar surface area (TPSA) is 183 Å². The number of rotatable bonds is 29. The fraction of sp³-hybridized carbons (Fsp3) is 0.524. The molecule has 14 nitrogen and oxygen atoms in total. The van der Waals surface area contributed by atoms with Crippen LogP contribution in [0.1, 0.15) is 25.7 Å². The number of esters is 2. The number of methoxy groups -OCH3 is 4. The summed E-state index contributed by atoms with van der Waals surface area (Å²) in [6.45, 7) is 7.03. The Morgan fingerprint density at radius 3 is 1.23 bits per heavy atom. The van der Waals surface area contributed by atoms with Crippen LogP contribution in [0.4, 0.5) is 0 Å². The van der Waals surface area contributed by atoms with Gasteiger partial charge in [-0.2, -0.15) is 23.5 Å². The molecule has 0 aromatic heterocycles. The summed E-state index contributed by atoms with van der Waals surface area (Å²) >= 11 is 11.0. The lowest BCUT2D eigenvalue weighted by molar-refractivity contribution is -0.147. The van der Waals surface area contributed by atoms with Crippen molar-refractivity contribution in [2.75, 3.05) is 87.7 Å². The van der Waals surface area contributed by atoms with Crippen LogP contribution < -0.4 is 28.4 Å². The second-order valence-corrected chi connectivity index (χ2v) is 21.7. The molecule has 0 saturated carbocycles. The molecule has 4 rings (SSSR count). The third kappa shape index (κ3) is 16.7. The van der Waals surface area contributed by atoms with Crippen LogP contribution in [0.3, 0.4) is 0 Å². The molecule has 2 aliphatic rings. The van der Waals surface area contributed by atoms with Gasteiger partial charge in [-0.3, -0.25) is 9.59 Å². The number of carboxylic acids is 2. The Hall–Kier alpha value is -3.30. The van der Waals surface area contributed by atoms with Gasteiger partial charge in [0, 0.05) is 45.7 Å². The number of hydrogen-bond donors (Lipinski definition) is 2. The molecule has 0 bridgehead atoms. The van der Waals surface area contributed by atoms with E-state index in [0.29, 0.717) is 54.8 Å². The van der Waals surface area contributed by atoms with Crippen molar-refractivity contribution in [2.45, 2.75) is 47.1 Å². The van der Waals surface area contributed by atoms with E-state index in [1.807, 2.05) is 47.0 Å². The van der Waals surface area contributed by atoms with Crippen molar-refractivity contribution in [3.8, 4) is 45.6 Å². The molecule has 0 spiro atoms. The Balaban J connectivity index is 1.52. The number of hydrogen-bond acceptors (Lipinski definition) is 18. The number of ether oxygens (including phenoxy) is 8. The Morgan fingerprint density at radius 1 is 0.613 bits per heavy atom. The van der Waals surface area contributed by atoms with Crippen molar-refractivity contribution in [2.24, 2.45) is 0 Å². The Labute approximate surface area is 388 Å². The highest BCUT2D eigenvalue weighted by Gasteiger charge is 2.26. The third-order valence-electron chi connectivity index (χ3n) is 8.92. The zero-order chi connectivity index (χ0) is 45.0. The van der Waals surface area contributed by atoms with Gasteiger partial charge in [0.15, 0.2) is 23.0 Å². The van der Waals surface area contributed by atoms with Crippen molar-refractivity contribution >= 4 is 94.4 Å². The summed E-state index contributed by atoms with van der Waals surface area (Å²) in [6.07, 6.45) is -0.556. The predicted octanol–water partition coefficient (Wildman–Crippen LogP) is 7.89. The van der Waals surface area contributed by atoms with Gasteiger partial charge >= 0.3 is 23.9 Å². The Bertz CT molecular complexity index is 1670. The highest BCUT2D eigenvalue weighted by atomic mass is 32.2. The highest BCUT2D eigenvalue weighted by molar-refractivity contribution is 8.20. The van der Waals surface area contributed by atoms with E-state index in [9.17, 15) is 29.4 Å². The molecule has 2 fully saturated rings. The molecule has 0 amide bonds. The first-order chi connectivity index (χ1) is 29.8. The maximum atomic E-state index is 12.8. The van der Waals surface area contributed by atoms with E-state index in [2.05, 4.69) is 13.2 Å². The van der Waals surface area contributed by atoms with Gasteiger partial charge in [-0.1, -0.05) is 13.2 Å². The van der Waals surface area contributed by atoms with Gasteiger partial charge in [-0.25, -0.2) is 9.59 Å². The van der Waals surface area contributed by atoms with Crippen LogP contribution in [-0.2, 0) is 28.7 Å². The number of aliphatic carboxylic acids is 2. The lowest BCUT2D eigenvalue weighted by Crippen LogP contribution is -2.29. The normalized spacial score (nSPS) is 15.0. The third-order valence-corrected chi connectivity index (χ3v) is 17.5. The summed E-state index contributed by atoms with van der Waals surface area (Å²) in [6, 6.07) is 6.97. The molecule has 2 heterocycles. The SMILES string of the molecule is C=C(CC(=O)O)C(=O)OC(COc1c(OC)cc(-c2cc(OC)c(OCC(CSCCC3SCCS3)OC(=O)C(=C)CC(=O)O)c(OC)c2)cc1OC)CSCCC1SCCS1. The van der Waals surface area contributed by atoms with Crippen LogP contribution in [0, 0.1) is 0 Å². The summed E-state index contributed by atoms with van der Waals surface area (Å²) in [5.74, 6) is 4.88. The van der Waals surface area contributed by atoms with Crippen LogP contribution in [0.15, 0.2) is 48.6 Å². The van der Waals surface area contributed by atoms with Gasteiger partial charge in [-0.15, -0.1) is 47.0 Å². The maximum absolute atomic E-state index is 12.8. The van der Waals surface area contributed by atoms with E-state index < -0.39 is 48.9 Å². The minimum atomic E-state index is -1.18. The van der Waals surface area contributed by atoms with Crippen molar-refractivity contribution in [1.29, 1.82) is 0 Å². The summed E-state index contributed by atoms with van der Waals surface area (Å²) in [5, 5.41) is 18.3. The van der Waals surface area contributed by atoms with E-state index in [1.54, 1.807) is 47.8 Å². The van der Waals surface area contributed by atoms with Crippen molar-refractivity contribution in [3.05, 3.63) is 48.6 Å². The number of benzene rings is 2. The number of carboxylic acid groups (broad SMARTS) is 2. The number of carbonyl (C=O) groups is 4. The standard InChI is InChI=1S/C42H54O14S6/c1-25(15-35(43)44)41(47)55-29(23-57-9-7-37-59-11-12-60-37)21-53-39-31(49-3)17-27(18-32(39)50-4)28-19-33(51-5)40(34(20-28)52-6)54-22-30(56-42(48)26(2)16-36(45)46)24-58-10-8-38-61-13-14-62-38/h17-20,29-30,37-38H,1-2,7-16,21-24H2,3-6H3,(H,43,44)(H,45,46). The molecule has 0 aliphatic carbocycles. The maximum Gasteiger partial charge on any atom is 0.334 e. The summed E-state index contributed by atoms with van der Waals surface area (Å²) in [4.78, 5) is 48.1. The number of carbonyl (C=O) groups excluding carboxylic acids is 2. The molecule has 0 radical (unpaired) electrons.